The summed E-state index contributed by atoms with van der Waals surface area (Å²) in [7, 11) is 1.58. The van der Waals surface area contributed by atoms with Crippen molar-refractivity contribution in [1.29, 1.82) is 0 Å². The third kappa shape index (κ3) is 3.59. The number of hydrogen-bond donors (Lipinski definition) is 1. The standard InChI is InChI=1S/C14H15ClN2O2/c1-18-14-4-2-3-12(17-14)9-19-13-6-5-11(15)7-10(13)8-16/h2-7H,8-9,16H2,1H3. The Morgan fingerprint density at radius 2 is 2.11 bits per heavy atom. The van der Waals surface area contributed by atoms with Crippen LogP contribution in [0.3, 0.4) is 0 Å². The van der Waals surface area contributed by atoms with Crippen LogP contribution >= 0.6 is 11.6 Å². The summed E-state index contributed by atoms with van der Waals surface area (Å²) in [6, 6.07) is 10.9. The predicted octanol–water partition coefficient (Wildman–Crippen LogP) is 2.78. The molecule has 0 radical (unpaired) electrons. The minimum Gasteiger partial charge on any atom is -0.487 e. The highest BCUT2D eigenvalue weighted by molar-refractivity contribution is 6.30. The van der Waals surface area contributed by atoms with Gasteiger partial charge in [0, 0.05) is 23.2 Å². The van der Waals surface area contributed by atoms with Crippen LogP contribution < -0.4 is 15.2 Å². The summed E-state index contributed by atoms with van der Waals surface area (Å²) in [6.07, 6.45) is 0. The van der Waals surface area contributed by atoms with E-state index in [1.54, 1.807) is 25.3 Å². The molecule has 2 aromatic rings. The van der Waals surface area contributed by atoms with Gasteiger partial charge in [0.25, 0.3) is 0 Å². The van der Waals surface area contributed by atoms with E-state index in [-0.39, 0.29) is 0 Å². The second-order valence-corrected chi connectivity index (χ2v) is 4.35. The van der Waals surface area contributed by atoms with Crippen molar-refractivity contribution in [3.8, 4) is 11.6 Å². The number of ether oxygens (including phenoxy) is 2. The zero-order chi connectivity index (χ0) is 13.7. The van der Waals surface area contributed by atoms with Crippen LogP contribution in [-0.2, 0) is 13.2 Å². The fourth-order valence-corrected chi connectivity index (χ4v) is 1.85. The van der Waals surface area contributed by atoms with Crippen LogP contribution in [-0.4, -0.2) is 12.1 Å². The van der Waals surface area contributed by atoms with E-state index in [4.69, 9.17) is 26.8 Å². The minimum atomic E-state index is 0.353. The van der Waals surface area contributed by atoms with Crippen LogP contribution in [0.5, 0.6) is 11.6 Å². The van der Waals surface area contributed by atoms with Crippen molar-refractivity contribution < 1.29 is 9.47 Å². The summed E-state index contributed by atoms with van der Waals surface area (Å²) in [5.74, 6) is 1.28. The summed E-state index contributed by atoms with van der Waals surface area (Å²) >= 11 is 5.91. The monoisotopic (exact) mass is 278 g/mol. The Kier molecular flexibility index (Phi) is 4.60. The number of pyridine rings is 1. The molecule has 0 saturated carbocycles. The molecule has 2 N–H and O–H groups in total. The van der Waals surface area contributed by atoms with Gasteiger partial charge in [-0.1, -0.05) is 17.7 Å². The number of rotatable bonds is 5. The maximum atomic E-state index is 5.91. The van der Waals surface area contributed by atoms with Gasteiger partial charge in [-0.15, -0.1) is 0 Å². The molecule has 0 atom stereocenters. The van der Waals surface area contributed by atoms with Crippen molar-refractivity contribution in [1.82, 2.24) is 4.98 Å². The molecule has 1 heterocycles. The molecule has 5 heteroatoms. The smallest absolute Gasteiger partial charge is 0.213 e. The number of methoxy groups -OCH3 is 1. The molecule has 0 fully saturated rings. The number of hydrogen-bond acceptors (Lipinski definition) is 4. The molecule has 0 aliphatic carbocycles. The van der Waals surface area contributed by atoms with Gasteiger partial charge in [-0.05, 0) is 24.3 Å². The van der Waals surface area contributed by atoms with Crippen molar-refractivity contribution >= 4 is 11.6 Å². The molecule has 4 nitrogen and oxygen atoms in total. The molecule has 0 bridgehead atoms. The second-order valence-electron chi connectivity index (χ2n) is 3.92. The van der Waals surface area contributed by atoms with Gasteiger partial charge in [-0.2, -0.15) is 0 Å². The zero-order valence-corrected chi connectivity index (χ0v) is 11.4. The van der Waals surface area contributed by atoms with Crippen molar-refractivity contribution in [2.45, 2.75) is 13.2 Å². The van der Waals surface area contributed by atoms with E-state index in [9.17, 15) is 0 Å². The van der Waals surface area contributed by atoms with Gasteiger partial charge in [-0.3, -0.25) is 0 Å². The number of benzene rings is 1. The van der Waals surface area contributed by atoms with E-state index in [1.807, 2.05) is 18.2 Å². The molecule has 0 amide bonds. The number of halogens is 1. The Hall–Kier alpha value is -1.78. The largest absolute Gasteiger partial charge is 0.487 e. The lowest BCUT2D eigenvalue weighted by Crippen LogP contribution is -2.04. The average molecular weight is 279 g/mol. The first-order chi connectivity index (χ1) is 9.22. The van der Waals surface area contributed by atoms with E-state index >= 15 is 0 Å². The first kappa shape index (κ1) is 13.6. The number of aromatic nitrogens is 1. The first-order valence-corrected chi connectivity index (χ1v) is 6.22. The highest BCUT2D eigenvalue weighted by Gasteiger charge is 2.05. The van der Waals surface area contributed by atoms with Gasteiger partial charge < -0.3 is 15.2 Å². The van der Waals surface area contributed by atoms with Crippen LogP contribution in [0.25, 0.3) is 0 Å². The van der Waals surface area contributed by atoms with Crippen molar-refractivity contribution in [2.75, 3.05) is 7.11 Å². The molecular formula is C14H15ClN2O2. The summed E-state index contributed by atoms with van der Waals surface area (Å²) in [5.41, 5.74) is 7.32. The van der Waals surface area contributed by atoms with Gasteiger partial charge in [0.05, 0.1) is 12.8 Å². The molecule has 0 aliphatic rings. The molecule has 2 rings (SSSR count). The molecular weight excluding hydrogens is 264 g/mol. The molecule has 19 heavy (non-hydrogen) atoms. The van der Waals surface area contributed by atoms with Gasteiger partial charge >= 0.3 is 0 Å². The molecule has 100 valence electrons. The topological polar surface area (TPSA) is 57.4 Å². The van der Waals surface area contributed by atoms with Gasteiger partial charge in [0.15, 0.2) is 0 Å². The van der Waals surface area contributed by atoms with Gasteiger partial charge in [-0.25, -0.2) is 4.98 Å². The maximum absolute atomic E-state index is 5.91. The first-order valence-electron chi connectivity index (χ1n) is 5.84. The Labute approximate surface area is 117 Å². The SMILES string of the molecule is COc1cccc(COc2ccc(Cl)cc2CN)n1. The molecule has 1 aromatic heterocycles. The van der Waals surface area contributed by atoms with Crippen molar-refractivity contribution in [3.63, 3.8) is 0 Å². The average Bonchev–Trinajstić information content (AvgIpc) is 2.46. The fraction of sp³-hybridized carbons (Fsp3) is 0.214. The minimum absolute atomic E-state index is 0.353. The van der Waals surface area contributed by atoms with Crippen LogP contribution in [0, 0.1) is 0 Å². The van der Waals surface area contributed by atoms with Crippen molar-refractivity contribution in [3.05, 3.63) is 52.7 Å². The molecule has 0 saturated heterocycles. The van der Waals surface area contributed by atoms with E-state index in [1.165, 1.54) is 0 Å². The van der Waals surface area contributed by atoms with E-state index < -0.39 is 0 Å². The third-order valence-corrected chi connectivity index (χ3v) is 2.84. The quantitative estimate of drug-likeness (QED) is 0.914. The highest BCUT2D eigenvalue weighted by Crippen LogP contribution is 2.23. The van der Waals surface area contributed by atoms with Crippen LogP contribution in [0.4, 0.5) is 0 Å². The summed E-state index contributed by atoms with van der Waals surface area (Å²) in [5, 5.41) is 0.646. The van der Waals surface area contributed by atoms with Crippen LogP contribution in [0.1, 0.15) is 11.3 Å². The third-order valence-electron chi connectivity index (χ3n) is 2.61. The van der Waals surface area contributed by atoms with Crippen LogP contribution in [0.2, 0.25) is 5.02 Å². The highest BCUT2D eigenvalue weighted by atomic mass is 35.5. The van der Waals surface area contributed by atoms with Gasteiger partial charge in [0.1, 0.15) is 12.4 Å². The lowest BCUT2D eigenvalue weighted by atomic mass is 10.2. The predicted molar refractivity (Wildman–Crippen MR) is 74.5 cm³/mol. The summed E-state index contributed by atoms with van der Waals surface area (Å²) < 4.78 is 10.8. The molecule has 0 aliphatic heterocycles. The number of nitrogens with zero attached hydrogens (tertiary/aromatic N) is 1. The lowest BCUT2D eigenvalue weighted by Gasteiger charge is -2.10. The Bertz CT molecular complexity index is 561. The molecule has 0 unspecified atom stereocenters. The Morgan fingerprint density at radius 1 is 1.26 bits per heavy atom. The van der Waals surface area contributed by atoms with Gasteiger partial charge in [0.2, 0.25) is 5.88 Å². The van der Waals surface area contributed by atoms with E-state index in [2.05, 4.69) is 4.98 Å². The molecule has 0 spiro atoms. The summed E-state index contributed by atoms with van der Waals surface area (Å²) in [6.45, 7) is 0.729. The van der Waals surface area contributed by atoms with E-state index in [0.29, 0.717) is 24.1 Å². The number of nitrogens with two attached hydrogens (primary N) is 1. The summed E-state index contributed by atoms with van der Waals surface area (Å²) in [4.78, 5) is 4.27. The fourth-order valence-electron chi connectivity index (χ4n) is 1.65. The lowest BCUT2D eigenvalue weighted by molar-refractivity contribution is 0.295. The van der Waals surface area contributed by atoms with E-state index in [0.717, 1.165) is 17.0 Å². The second kappa shape index (κ2) is 6.41. The zero-order valence-electron chi connectivity index (χ0n) is 10.6. The Morgan fingerprint density at radius 3 is 2.84 bits per heavy atom. The van der Waals surface area contributed by atoms with Crippen molar-refractivity contribution in [2.24, 2.45) is 5.73 Å². The maximum Gasteiger partial charge on any atom is 0.213 e. The normalized spacial score (nSPS) is 10.3. The Balaban J connectivity index is 2.09. The molecule has 1 aromatic carbocycles. The van der Waals surface area contributed by atoms with Crippen LogP contribution in [0.15, 0.2) is 36.4 Å².